The third-order valence-electron chi connectivity index (χ3n) is 4.47. The van der Waals surface area contributed by atoms with Crippen LogP contribution in [-0.4, -0.2) is 33.3 Å². The van der Waals surface area contributed by atoms with E-state index < -0.39 is 5.67 Å². The van der Waals surface area contributed by atoms with Crippen molar-refractivity contribution in [3.63, 3.8) is 0 Å². The molecule has 0 aliphatic heterocycles. The van der Waals surface area contributed by atoms with E-state index in [4.69, 9.17) is 14.9 Å². The molecule has 9 heteroatoms. The predicted molar refractivity (Wildman–Crippen MR) is 99.4 cm³/mol. The average molecular weight is 384 g/mol. The summed E-state index contributed by atoms with van der Waals surface area (Å²) in [5.74, 6) is 1.08. The van der Waals surface area contributed by atoms with E-state index in [0.717, 1.165) is 30.5 Å². The Labute approximate surface area is 162 Å². The number of nitrogens with one attached hydrogen (secondary N) is 2. The van der Waals surface area contributed by atoms with Crippen LogP contribution in [0.5, 0.6) is 0 Å². The van der Waals surface area contributed by atoms with Gasteiger partial charge in [-0.25, -0.2) is 19.3 Å². The van der Waals surface area contributed by atoms with Gasteiger partial charge < -0.3 is 10.6 Å². The Bertz CT molecular complexity index is 854. The lowest BCUT2D eigenvalue weighted by atomic mass is 9.86. The Morgan fingerprint density at radius 3 is 2.39 bits per heavy atom. The lowest BCUT2D eigenvalue weighted by Crippen LogP contribution is -2.34. The van der Waals surface area contributed by atoms with Crippen LogP contribution in [-0.2, 0) is 9.59 Å². The van der Waals surface area contributed by atoms with E-state index in [1.165, 1.54) is 12.4 Å². The first-order valence-corrected chi connectivity index (χ1v) is 8.87. The molecule has 1 saturated carbocycles. The number of hydrogen-bond acceptors (Lipinski definition) is 8. The van der Waals surface area contributed by atoms with Crippen molar-refractivity contribution in [1.29, 1.82) is 5.26 Å². The van der Waals surface area contributed by atoms with Gasteiger partial charge in [0.15, 0.2) is 5.69 Å². The molecule has 0 spiro atoms. The van der Waals surface area contributed by atoms with Crippen LogP contribution in [0.4, 0.5) is 21.7 Å². The maximum Gasteiger partial charge on any atom is 0.373 e. The van der Waals surface area contributed by atoms with Gasteiger partial charge in [-0.2, -0.15) is 14.9 Å². The van der Waals surface area contributed by atoms with Gasteiger partial charge in [0.2, 0.25) is 0 Å². The van der Waals surface area contributed by atoms with Gasteiger partial charge in [0.1, 0.15) is 23.4 Å². The Hall–Kier alpha value is -3.37. The molecule has 28 heavy (non-hydrogen) atoms. The van der Waals surface area contributed by atoms with E-state index in [1.54, 1.807) is 6.20 Å². The van der Waals surface area contributed by atoms with Crippen molar-refractivity contribution in [3.8, 4) is 6.07 Å². The first-order chi connectivity index (χ1) is 13.5. The van der Waals surface area contributed by atoms with Gasteiger partial charge in [-0.15, -0.1) is 0 Å². The Morgan fingerprint density at radius 1 is 1.11 bits per heavy atom. The summed E-state index contributed by atoms with van der Waals surface area (Å²) >= 11 is 0. The number of hydrogen-bond donors (Lipinski definition) is 2. The highest BCUT2D eigenvalue weighted by Gasteiger charge is 2.31. The summed E-state index contributed by atoms with van der Waals surface area (Å²) in [5.41, 5.74) is 0.934. The van der Waals surface area contributed by atoms with Gasteiger partial charge in [-0.05, 0) is 25.3 Å². The fraction of sp³-hybridized carbons (Fsp3) is 0.421. The van der Waals surface area contributed by atoms with Gasteiger partial charge in [-0.3, -0.25) is 0 Å². The monoisotopic (exact) mass is 384 g/mol. The number of carbonyl (C=O) groups excluding carboxylic acids is 2. The van der Waals surface area contributed by atoms with Gasteiger partial charge in [0.25, 0.3) is 0 Å². The van der Waals surface area contributed by atoms with Crippen LogP contribution in [0.25, 0.3) is 0 Å². The minimum Gasteiger partial charge on any atom is -0.381 e. The molecule has 146 valence electrons. The van der Waals surface area contributed by atoms with Crippen molar-refractivity contribution in [2.24, 2.45) is 0 Å². The highest BCUT2D eigenvalue weighted by Crippen LogP contribution is 2.32. The number of alkyl halides is 1. The molecule has 1 fully saturated rings. The van der Waals surface area contributed by atoms with Crippen molar-refractivity contribution in [2.75, 3.05) is 17.2 Å². The van der Waals surface area contributed by atoms with E-state index in [1.807, 2.05) is 19.1 Å². The van der Waals surface area contributed by atoms with Crippen LogP contribution in [0.1, 0.15) is 43.4 Å². The number of pyridine rings is 1. The van der Waals surface area contributed by atoms with Gasteiger partial charge in [0, 0.05) is 24.5 Å². The molecule has 2 aromatic heterocycles. The summed E-state index contributed by atoms with van der Waals surface area (Å²) in [5, 5.41) is 15.0. The Kier molecular flexibility index (Phi) is 7.55. The predicted octanol–water partition coefficient (Wildman–Crippen LogP) is 3.30. The SMILES string of the molecule is Cc1cnc(Nc2cnc(C#N)cn2)cc1NCC1(F)CCCCC1.O=C=O. The van der Waals surface area contributed by atoms with E-state index in [-0.39, 0.29) is 11.8 Å². The quantitative estimate of drug-likeness (QED) is 0.805. The number of aryl methyl sites for hydroxylation is 1. The zero-order valence-corrected chi connectivity index (χ0v) is 15.5. The molecular weight excluding hydrogens is 363 g/mol. The summed E-state index contributed by atoms with van der Waals surface area (Å²) in [4.78, 5) is 28.6. The second-order valence-electron chi connectivity index (χ2n) is 6.56. The zero-order chi connectivity index (χ0) is 20.4. The number of anilines is 3. The number of nitrogens with zero attached hydrogens (tertiary/aromatic N) is 4. The average Bonchev–Trinajstić information content (AvgIpc) is 2.70. The lowest BCUT2D eigenvalue weighted by Gasteiger charge is -2.30. The minimum atomic E-state index is -1.12. The highest BCUT2D eigenvalue weighted by molar-refractivity contribution is 5.61. The van der Waals surface area contributed by atoms with Crippen LogP contribution in [0, 0.1) is 18.3 Å². The molecule has 0 bridgehead atoms. The molecule has 2 heterocycles. The molecule has 0 amide bonds. The molecule has 0 radical (unpaired) electrons. The smallest absolute Gasteiger partial charge is 0.373 e. The third kappa shape index (κ3) is 6.11. The normalized spacial score (nSPS) is 14.6. The molecule has 2 aromatic rings. The Morgan fingerprint density at radius 2 is 1.79 bits per heavy atom. The van der Waals surface area contributed by atoms with Crippen molar-refractivity contribution in [1.82, 2.24) is 15.0 Å². The zero-order valence-electron chi connectivity index (χ0n) is 15.5. The molecular formula is C19H21FN6O2. The summed E-state index contributed by atoms with van der Waals surface area (Å²) in [6.07, 6.45) is 9.13. The summed E-state index contributed by atoms with van der Waals surface area (Å²) in [6, 6.07) is 3.76. The summed E-state index contributed by atoms with van der Waals surface area (Å²) in [7, 11) is 0. The van der Waals surface area contributed by atoms with Crippen LogP contribution in [0.2, 0.25) is 0 Å². The molecule has 8 nitrogen and oxygen atoms in total. The van der Waals surface area contributed by atoms with Crippen molar-refractivity contribution in [2.45, 2.75) is 44.7 Å². The third-order valence-corrected chi connectivity index (χ3v) is 4.47. The molecule has 0 unspecified atom stereocenters. The maximum absolute atomic E-state index is 14.8. The lowest BCUT2D eigenvalue weighted by molar-refractivity contribution is -0.191. The fourth-order valence-corrected chi connectivity index (χ4v) is 2.98. The van der Waals surface area contributed by atoms with E-state index in [0.29, 0.717) is 31.0 Å². The molecule has 3 rings (SSSR count). The summed E-state index contributed by atoms with van der Waals surface area (Å²) < 4.78 is 14.8. The first-order valence-electron chi connectivity index (χ1n) is 8.87. The maximum atomic E-state index is 14.8. The summed E-state index contributed by atoms with van der Waals surface area (Å²) in [6.45, 7) is 2.25. The largest absolute Gasteiger partial charge is 0.381 e. The van der Waals surface area contributed by atoms with Crippen LogP contribution >= 0.6 is 0 Å². The van der Waals surface area contributed by atoms with Crippen LogP contribution in [0.3, 0.4) is 0 Å². The molecule has 1 aliphatic rings. The van der Waals surface area contributed by atoms with Gasteiger partial charge in [0.05, 0.1) is 12.4 Å². The second kappa shape index (κ2) is 10.1. The van der Waals surface area contributed by atoms with Crippen molar-refractivity contribution >= 4 is 23.5 Å². The highest BCUT2D eigenvalue weighted by atomic mass is 19.1. The van der Waals surface area contributed by atoms with Crippen molar-refractivity contribution < 1.29 is 14.0 Å². The molecule has 1 aliphatic carbocycles. The first kappa shape index (κ1) is 20.9. The van der Waals surface area contributed by atoms with Gasteiger partial charge >= 0.3 is 6.15 Å². The van der Waals surface area contributed by atoms with E-state index in [2.05, 4.69) is 25.6 Å². The topological polar surface area (TPSA) is 121 Å². The van der Waals surface area contributed by atoms with E-state index >= 15 is 0 Å². The number of halogens is 1. The molecule has 0 aromatic carbocycles. The minimum absolute atomic E-state index is 0.250. The molecule has 0 atom stereocenters. The van der Waals surface area contributed by atoms with Crippen LogP contribution in [0.15, 0.2) is 24.7 Å². The number of nitriles is 1. The van der Waals surface area contributed by atoms with Gasteiger partial charge in [-0.1, -0.05) is 19.3 Å². The standard InChI is InChI=1S/C18H21FN6.CO2/c1-13-9-22-16(25-17-11-21-14(8-20)10-23-17)7-15(13)24-12-18(19)5-3-2-4-6-18;2-1-3/h7,9-11H,2-6,12H2,1H3,(H2,22,23,24,25);. The molecule has 0 saturated heterocycles. The Balaban J connectivity index is 0.000000878. The van der Waals surface area contributed by atoms with Crippen LogP contribution < -0.4 is 10.6 Å². The molecule has 2 N–H and O–H groups in total. The number of aromatic nitrogens is 3. The number of rotatable bonds is 5. The van der Waals surface area contributed by atoms with Crippen molar-refractivity contribution in [3.05, 3.63) is 35.9 Å². The second-order valence-corrected chi connectivity index (χ2v) is 6.56. The van der Waals surface area contributed by atoms with E-state index in [9.17, 15) is 4.39 Å². The fourth-order valence-electron chi connectivity index (χ4n) is 2.98.